The highest BCUT2D eigenvalue weighted by Crippen LogP contribution is 2.32. The van der Waals surface area contributed by atoms with Crippen molar-refractivity contribution in [3.05, 3.63) is 18.2 Å². The Morgan fingerprint density at radius 2 is 2.28 bits per heavy atom. The predicted octanol–water partition coefficient (Wildman–Crippen LogP) is 1.34. The average Bonchev–Trinajstić information content (AvgIpc) is 3.05. The highest BCUT2D eigenvalue weighted by molar-refractivity contribution is 5.66. The Bertz CT molecular complexity index is 561. The Balaban J connectivity index is 1.93. The lowest BCUT2D eigenvalue weighted by atomic mass is 10.1. The third kappa shape index (κ3) is 2.01. The van der Waals surface area contributed by atoms with E-state index in [4.69, 9.17) is 10.5 Å². The van der Waals surface area contributed by atoms with E-state index in [-0.39, 0.29) is 0 Å². The number of nitrogens with two attached hydrogens (primary N) is 1. The molecule has 0 atom stereocenters. The number of ether oxygens (including phenoxy) is 1. The molecule has 1 fully saturated rings. The van der Waals surface area contributed by atoms with Gasteiger partial charge in [0.15, 0.2) is 5.82 Å². The molecule has 0 bridgehead atoms. The summed E-state index contributed by atoms with van der Waals surface area (Å²) in [5.74, 6) is 2.15. The number of hydrogen-bond acceptors (Lipinski definition) is 5. The van der Waals surface area contributed by atoms with E-state index in [9.17, 15) is 0 Å². The van der Waals surface area contributed by atoms with Crippen molar-refractivity contribution in [2.45, 2.75) is 19.4 Å². The van der Waals surface area contributed by atoms with Gasteiger partial charge in [0.2, 0.25) is 0 Å². The lowest BCUT2D eigenvalue weighted by molar-refractivity contribution is 0.417. The van der Waals surface area contributed by atoms with Crippen LogP contribution in [0.1, 0.15) is 12.8 Å². The van der Waals surface area contributed by atoms with Gasteiger partial charge in [-0.2, -0.15) is 0 Å². The maximum Gasteiger partial charge on any atom is 0.182 e. The third-order valence-corrected chi connectivity index (χ3v) is 3.15. The smallest absolute Gasteiger partial charge is 0.182 e. The second-order valence-electron chi connectivity index (χ2n) is 4.58. The minimum absolute atomic E-state index is 0.593. The first-order chi connectivity index (χ1) is 8.78. The monoisotopic (exact) mass is 245 g/mol. The highest BCUT2D eigenvalue weighted by Gasteiger charge is 2.24. The molecule has 6 nitrogen and oxygen atoms in total. The van der Waals surface area contributed by atoms with Gasteiger partial charge < -0.3 is 10.5 Å². The molecule has 0 aliphatic heterocycles. The summed E-state index contributed by atoms with van der Waals surface area (Å²) in [6, 6.07) is 5.60. The van der Waals surface area contributed by atoms with Crippen molar-refractivity contribution < 1.29 is 4.74 Å². The van der Waals surface area contributed by atoms with Gasteiger partial charge in [-0.05, 0) is 47.4 Å². The Hall–Kier alpha value is -2.11. The number of nitrogens with zero attached hydrogens (tertiary/aromatic N) is 4. The van der Waals surface area contributed by atoms with Gasteiger partial charge >= 0.3 is 0 Å². The van der Waals surface area contributed by atoms with Crippen molar-refractivity contribution in [2.75, 3.05) is 12.8 Å². The molecule has 2 N–H and O–H groups in total. The first-order valence-corrected chi connectivity index (χ1v) is 5.98. The number of methoxy groups -OCH3 is 1. The zero-order valence-electron chi connectivity index (χ0n) is 10.2. The summed E-state index contributed by atoms with van der Waals surface area (Å²) < 4.78 is 6.98. The fourth-order valence-corrected chi connectivity index (χ4v) is 1.95. The molecule has 1 aromatic carbocycles. The topological polar surface area (TPSA) is 78.9 Å². The van der Waals surface area contributed by atoms with Crippen LogP contribution in [0, 0.1) is 5.92 Å². The number of rotatable bonds is 4. The zero-order valence-corrected chi connectivity index (χ0v) is 10.2. The molecule has 2 aromatic rings. The Kier molecular flexibility index (Phi) is 2.62. The van der Waals surface area contributed by atoms with Crippen molar-refractivity contribution in [3.63, 3.8) is 0 Å². The first-order valence-electron chi connectivity index (χ1n) is 5.98. The number of tetrazole rings is 1. The molecule has 94 valence electrons. The van der Waals surface area contributed by atoms with Crippen molar-refractivity contribution in [1.82, 2.24) is 20.2 Å². The van der Waals surface area contributed by atoms with Gasteiger partial charge in [0.1, 0.15) is 5.75 Å². The van der Waals surface area contributed by atoms with Crippen LogP contribution < -0.4 is 10.5 Å². The molecule has 1 aliphatic carbocycles. The molecule has 3 rings (SSSR count). The molecule has 1 heterocycles. The van der Waals surface area contributed by atoms with E-state index in [1.54, 1.807) is 7.11 Å². The zero-order chi connectivity index (χ0) is 12.5. The second kappa shape index (κ2) is 4.29. The summed E-state index contributed by atoms with van der Waals surface area (Å²) in [6.07, 6.45) is 2.54. The molecule has 0 unspecified atom stereocenters. The van der Waals surface area contributed by atoms with Gasteiger partial charge in [0.05, 0.1) is 12.8 Å². The van der Waals surface area contributed by atoms with E-state index in [0.717, 1.165) is 23.9 Å². The van der Waals surface area contributed by atoms with Crippen LogP contribution in [0.2, 0.25) is 0 Å². The summed E-state index contributed by atoms with van der Waals surface area (Å²) in [6.45, 7) is 0.883. The first kappa shape index (κ1) is 11.0. The van der Waals surface area contributed by atoms with Crippen LogP contribution >= 0.6 is 0 Å². The number of anilines is 1. The van der Waals surface area contributed by atoms with Crippen LogP contribution in [0.15, 0.2) is 18.2 Å². The molecule has 0 radical (unpaired) electrons. The lowest BCUT2D eigenvalue weighted by Crippen LogP contribution is -2.04. The average molecular weight is 245 g/mol. The highest BCUT2D eigenvalue weighted by atomic mass is 16.5. The van der Waals surface area contributed by atoms with Gasteiger partial charge in [-0.1, -0.05) is 0 Å². The van der Waals surface area contributed by atoms with Crippen LogP contribution in [0.5, 0.6) is 5.75 Å². The summed E-state index contributed by atoms with van der Waals surface area (Å²) in [4.78, 5) is 0. The lowest BCUT2D eigenvalue weighted by Gasteiger charge is -2.07. The molecule has 0 spiro atoms. The summed E-state index contributed by atoms with van der Waals surface area (Å²) in [5, 5.41) is 11.8. The maximum atomic E-state index is 5.90. The van der Waals surface area contributed by atoms with Crippen LogP contribution in [-0.2, 0) is 6.54 Å². The van der Waals surface area contributed by atoms with Gasteiger partial charge in [-0.15, -0.1) is 5.10 Å². The SMILES string of the molecule is COc1ccc(-c2nnnn2CC2CC2)cc1N. The Labute approximate surface area is 105 Å². The quantitative estimate of drug-likeness (QED) is 0.822. The fourth-order valence-electron chi connectivity index (χ4n) is 1.95. The van der Waals surface area contributed by atoms with Crippen LogP contribution in [0.3, 0.4) is 0 Å². The van der Waals surface area contributed by atoms with Crippen LogP contribution in [0.25, 0.3) is 11.4 Å². The Morgan fingerprint density at radius 1 is 1.44 bits per heavy atom. The van der Waals surface area contributed by atoms with Gasteiger partial charge in [-0.25, -0.2) is 4.68 Å². The number of hydrogen-bond donors (Lipinski definition) is 1. The summed E-state index contributed by atoms with van der Waals surface area (Å²) in [7, 11) is 1.60. The van der Waals surface area contributed by atoms with Crippen LogP contribution in [-0.4, -0.2) is 27.3 Å². The standard InChI is InChI=1S/C12H15N5O/c1-18-11-5-4-9(6-10(11)13)12-14-15-16-17(12)7-8-2-3-8/h4-6,8H,2-3,7,13H2,1H3. The van der Waals surface area contributed by atoms with E-state index >= 15 is 0 Å². The van der Waals surface area contributed by atoms with E-state index in [1.807, 2.05) is 22.9 Å². The normalized spacial score (nSPS) is 14.7. The molecule has 6 heteroatoms. The molecule has 0 amide bonds. The maximum absolute atomic E-state index is 5.90. The number of nitrogen functional groups attached to an aromatic ring is 1. The summed E-state index contributed by atoms with van der Waals surface area (Å²) >= 11 is 0. The van der Waals surface area contributed by atoms with E-state index in [2.05, 4.69) is 15.5 Å². The number of aromatic nitrogens is 4. The third-order valence-electron chi connectivity index (χ3n) is 3.15. The molecule has 18 heavy (non-hydrogen) atoms. The molecule has 0 saturated heterocycles. The Morgan fingerprint density at radius 3 is 2.94 bits per heavy atom. The minimum atomic E-state index is 0.593. The van der Waals surface area contributed by atoms with Crippen molar-refractivity contribution in [3.8, 4) is 17.1 Å². The van der Waals surface area contributed by atoms with E-state index in [1.165, 1.54) is 12.8 Å². The fraction of sp³-hybridized carbons (Fsp3) is 0.417. The molecular formula is C12H15N5O. The second-order valence-corrected chi connectivity index (χ2v) is 4.58. The largest absolute Gasteiger partial charge is 0.495 e. The van der Waals surface area contributed by atoms with Crippen molar-refractivity contribution >= 4 is 5.69 Å². The van der Waals surface area contributed by atoms with Crippen molar-refractivity contribution in [2.24, 2.45) is 5.92 Å². The minimum Gasteiger partial charge on any atom is -0.495 e. The van der Waals surface area contributed by atoms with E-state index < -0.39 is 0 Å². The molecule has 1 saturated carbocycles. The summed E-state index contributed by atoms with van der Waals surface area (Å²) in [5.41, 5.74) is 7.41. The molecular weight excluding hydrogens is 230 g/mol. The van der Waals surface area contributed by atoms with Gasteiger partial charge in [0, 0.05) is 12.1 Å². The van der Waals surface area contributed by atoms with Crippen LogP contribution in [0.4, 0.5) is 5.69 Å². The van der Waals surface area contributed by atoms with E-state index in [0.29, 0.717) is 11.4 Å². The molecule has 1 aliphatic rings. The molecule has 1 aromatic heterocycles. The van der Waals surface area contributed by atoms with Gasteiger partial charge in [-0.3, -0.25) is 0 Å². The number of benzene rings is 1. The van der Waals surface area contributed by atoms with Crippen molar-refractivity contribution in [1.29, 1.82) is 0 Å². The van der Waals surface area contributed by atoms with Gasteiger partial charge in [0.25, 0.3) is 0 Å². The predicted molar refractivity (Wildman–Crippen MR) is 66.9 cm³/mol.